The molecule has 6 heteroatoms. The zero-order chi connectivity index (χ0) is 27.7. The van der Waals surface area contributed by atoms with E-state index >= 15 is 0 Å². The standard InChI is InChI=1S/C31H49NO5/c1-16(2)13-22(32)26(18(4)33)27-21-14-24(36)28-29(6)11-10-23(35)17(3)20(29)9-12-30(28,7)31(21,8)15-25(27)37-19(5)34/h13,17,20-25,28,35-36H,9-12,14-15,32H2,1-8H3/b27-26+/t17-,20-,21-,22-,23+,24+,25-,28-,29-,30-,31-/m0/s1. The second-order valence-electron chi connectivity index (χ2n) is 13.8. The summed E-state index contributed by atoms with van der Waals surface area (Å²) >= 11 is 0. The topological polar surface area (TPSA) is 110 Å². The fraction of sp³-hybridized carbons (Fsp3) is 0.806. The third-order valence-electron chi connectivity index (χ3n) is 11.6. The van der Waals surface area contributed by atoms with Gasteiger partial charge in [-0.25, -0.2) is 0 Å². The van der Waals surface area contributed by atoms with Crippen molar-refractivity contribution < 1.29 is 24.5 Å². The molecule has 0 amide bonds. The molecule has 4 saturated carbocycles. The maximum Gasteiger partial charge on any atom is 0.303 e. The minimum atomic E-state index is -0.588. The predicted molar refractivity (Wildman–Crippen MR) is 144 cm³/mol. The van der Waals surface area contributed by atoms with Gasteiger partial charge in [-0.3, -0.25) is 9.59 Å². The molecule has 0 unspecified atom stereocenters. The highest BCUT2D eigenvalue weighted by Gasteiger charge is 2.70. The van der Waals surface area contributed by atoms with Crippen molar-refractivity contribution in [1.82, 2.24) is 0 Å². The van der Waals surface area contributed by atoms with Crippen molar-refractivity contribution in [1.29, 1.82) is 0 Å². The first-order chi connectivity index (χ1) is 17.1. The molecule has 0 aromatic heterocycles. The van der Waals surface area contributed by atoms with E-state index in [1.54, 1.807) is 6.92 Å². The molecule has 4 aliphatic rings. The summed E-state index contributed by atoms with van der Waals surface area (Å²) in [4.78, 5) is 25.4. The Hall–Kier alpha value is -1.50. The Balaban J connectivity index is 1.88. The zero-order valence-corrected chi connectivity index (χ0v) is 24.1. The highest BCUT2D eigenvalue weighted by molar-refractivity contribution is 5.96. The van der Waals surface area contributed by atoms with Crippen molar-refractivity contribution in [3.63, 3.8) is 0 Å². The molecule has 0 aromatic rings. The smallest absolute Gasteiger partial charge is 0.303 e. The Morgan fingerprint density at radius 3 is 2.24 bits per heavy atom. The number of esters is 1. The number of carbonyl (C=O) groups is 2. The number of aliphatic hydroxyl groups excluding tert-OH is 2. The number of Topliss-reactive ketones (excluding diaryl/α,β-unsaturated/α-hetero) is 1. The van der Waals surface area contributed by atoms with Crippen LogP contribution in [0, 0.1) is 39.9 Å². The number of hydrogen-bond acceptors (Lipinski definition) is 6. The minimum Gasteiger partial charge on any atom is -0.458 e. The predicted octanol–water partition coefficient (Wildman–Crippen LogP) is 4.72. The maximum atomic E-state index is 13.1. The number of nitrogens with two attached hydrogens (primary N) is 1. The zero-order valence-electron chi connectivity index (χ0n) is 24.1. The van der Waals surface area contributed by atoms with Crippen molar-refractivity contribution in [3.05, 3.63) is 22.8 Å². The van der Waals surface area contributed by atoms with Crippen LogP contribution in [-0.2, 0) is 14.3 Å². The van der Waals surface area contributed by atoms with Gasteiger partial charge in [-0.05, 0) is 105 Å². The molecule has 0 heterocycles. The summed E-state index contributed by atoms with van der Waals surface area (Å²) in [5.74, 6) is 0.0733. The molecule has 0 saturated heterocycles. The lowest BCUT2D eigenvalue weighted by molar-refractivity contribution is -0.234. The normalized spacial score (nSPS) is 47.2. The van der Waals surface area contributed by atoms with Crippen LogP contribution < -0.4 is 5.73 Å². The van der Waals surface area contributed by atoms with Crippen LogP contribution in [0.2, 0.25) is 0 Å². The molecule has 6 nitrogen and oxygen atoms in total. The van der Waals surface area contributed by atoms with Crippen LogP contribution in [0.4, 0.5) is 0 Å². The minimum absolute atomic E-state index is 0.0690. The van der Waals surface area contributed by atoms with E-state index in [-0.39, 0.29) is 51.9 Å². The number of aliphatic hydroxyl groups is 2. The van der Waals surface area contributed by atoms with Crippen molar-refractivity contribution in [3.8, 4) is 0 Å². The molecule has 0 aliphatic heterocycles. The number of carbonyl (C=O) groups excluding carboxylic acids is 2. The molecule has 0 bridgehead atoms. The van der Waals surface area contributed by atoms with Gasteiger partial charge in [0.25, 0.3) is 0 Å². The van der Waals surface area contributed by atoms with Gasteiger partial charge >= 0.3 is 5.97 Å². The quantitative estimate of drug-likeness (QED) is 0.284. The summed E-state index contributed by atoms with van der Waals surface area (Å²) in [5, 5.41) is 22.6. The van der Waals surface area contributed by atoms with E-state index in [1.807, 2.05) is 19.9 Å². The van der Waals surface area contributed by atoms with E-state index < -0.39 is 18.2 Å². The summed E-state index contributed by atoms with van der Waals surface area (Å²) < 4.78 is 5.95. The van der Waals surface area contributed by atoms with E-state index in [0.29, 0.717) is 24.3 Å². The fourth-order valence-corrected chi connectivity index (χ4v) is 9.94. The number of ketones is 1. The molecule has 4 fully saturated rings. The number of ether oxygens (including phenoxy) is 1. The summed E-state index contributed by atoms with van der Waals surface area (Å²) in [6.45, 7) is 16.0. The van der Waals surface area contributed by atoms with Crippen LogP contribution in [0.5, 0.6) is 0 Å². The monoisotopic (exact) mass is 515 g/mol. The first-order valence-corrected chi connectivity index (χ1v) is 14.3. The highest BCUT2D eigenvalue weighted by Crippen LogP contribution is 2.74. The molecule has 11 atom stereocenters. The molecule has 4 N–H and O–H groups in total. The lowest BCUT2D eigenvalue weighted by atomic mass is 9.36. The second-order valence-corrected chi connectivity index (χ2v) is 13.8. The fourth-order valence-electron chi connectivity index (χ4n) is 9.94. The second kappa shape index (κ2) is 9.60. The average molecular weight is 516 g/mol. The van der Waals surface area contributed by atoms with Crippen molar-refractivity contribution in [2.45, 2.75) is 118 Å². The number of rotatable bonds is 4. The summed E-state index contributed by atoms with van der Waals surface area (Å²) in [6.07, 6.45) is 5.32. The average Bonchev–Trinajstić information content (AvgIpc) is 3.02. The Labute approximate surface area is 223 Å². The van der Waals surface area contributed by atoms with Gasteiger partial charge in [0, 0.05) is 12.5 Å². The molecule has 208 valence electrons. The lowest BCUT2D eigenvalue weighted by Crippen LogP contribution is -2.65. The van der Waals surface area contributed by atoms with Crippen molar-refractivity contribution in [2.75, 3.05) is 0 Å². The summed E-state index contributed by atoms with van der Waals surface area (Å²) in [5.41, 5.74) is 8.42. The van der Waals surface area contributed by atoms with E-state index in [0.717, 1.165) is 36.8 Å². The molecular formula is C31H49NO5. The molecule has 37 heavy (non-hydrogen) atoms. The van der Waals surface area contributed by atoms with Crippen molar-refractivity contribution >= 4 is 11.8 Å². The van der Waals surface area contributed by atoms with E-state index in [4.69, 9.17) is 10.5 Å². The van der Waals surface area contributed by atoms with E-state index in [2.05, 4.69) is 27.7 Å². The van der Waals surface area contributed by atoms with Crippen LogP contribution in [0.25, 0.3) is 0 Å². The maximum absolute atomic E-state index is 13.1. The van der Waals surface area contributed by atoms with Gasteiger partial charge in [-0.2, -0.15) is 0 Å². The SMILES string of the molecule is CC(=O)O[C@H]1C[C@@]2(C)[C@@H](C[C@@H](O)[C@H]3[C@@]4(C)CC[C@@H](O)[C@@H](C)[C@@H]4CC[C@@]32C)/C1=C(/C(C)=O)[C@@H](N)C=C(C)C. The first-order valence-electron chi connectivity index (χ1n) is 14.3. The molecular weight excluding hydrogens is 466 g/mol. The van der Waals surface area contributed by atoms with Gasteiger partial charge in [0.05, 0.1) is 18.2 Å². The Morgan fingerprint density at radius 1 is 1.03 bits per heavy atom. The van der Waals surface area contributed by atoms with Crippen LogP contribution in [0.3, 0.4) is 0 Å². The molecule has 0 radical (unpaired) electrons. The van der Waals surface area contributed by atoms with Crippen molar-refractivity contribution in [2.24, 2.45) is 45.7 Å². The van der Waals surface area contributed by atoms with Gasteiger partial charge in [-0.1, -0.05) is 39.3 Å². The van der Waals surface area contributed by atoms with Crippen LogP contribution in [0.15, 0.2) is 22.8 Å². The van der Waals surface area contributed by atoms with Gasteiger partial charge in [0.2, 0.25) is 0 Å². The number of hydrogen-bond donors (Lipinski definition) is 3. The van der Waals surface area contributed by atoms with Crippen LogP contribution in [-0.4, -0.2) is 46.3 Å². The summed E-state index contributed by atoms with van der Waals surface area (Å²) in [6, 6.07) is -0.588. The Kier molecular flexibility index (Phi) is 7.40. The number of fused-ring (bicyclic) bond motifs is 5. The third kappa shape index (κ3) is 4.26. The molecule has 4 rings (SSSR count). The molecule has 4 aliphatic carbocycles. The van der Waals surface area contributed by atoms with Gasteiger partial charge < -0.3 is 20.7 Å². The molecule has 0 aromatic carbocycles. The van der Waals surface area contributed by atoms with Gasteiger partial charge in [0.15, 0.2) is 5.78 Å². The van der Waals surface area contributed by atoms with E-state index in [1.165, 1.54) is 6.92 Å². The van der Waals surface area contributed by atoms with Gasteiger partial charge in [-0.15, -0.1) is 0 Å². The Morgan fingerprint density at radius 2 is 1.68 bits per heavy atom. The Bertz CT molecular complexity index is 1010. The first kappa shape index (κ1) is 28.5. The lowest BCUT2D eigenvalue weighted by Gasteiger charge is -2.69. The molecule has 0 spiro atoms. The van der Waals surface area contributed by atoms with Gasteiger partial charge in [0.1, 0.15) is 6.10 Å². The van der Waals surface area contributed by atoms with Crippen LogP contribution >= 0.6 is 0 Å². The highest BCUT2D eigenvalue weighted by atomic mass is 16.5. The van der Waals surface area contributed by atoms with E-state index in [9.17, 15) is 19.8 Å². The third-order valence-corrected chi connectivity index (χ3v) is 11.6. The number of allylic oxidation sites excluding steroid dienone is 1. The largest absolute Gasteiger partial charge is 0.458 e. The summed E-state index contributed by atoms with van der Waals surface area (Å²) in [7, 11) is 0. The van der Waals surface area contributed by atoms with Crippen LogP contribution in [0.1, 0.15) is 93.9 Å².